The van der Waals surface area contributed by atoms with Crippen molar-refractivity contribution in [2.45, 2.75) is 26.9 Å². The maximum Gasteiger partial charge on any atom is 0.138 e. The van der Waals surface area contributed by atoms with E-state index in [9.17, 15) is 4.39 Å². The topological polar surface area (TPSA) is 115 Å². The standard InChI is InChI=1S/C31H32FN9/c1-3-33-12-19-7-21(10-23(32)9-19)26-16-36-17-29-30(26)40-31(39-29)24-5-6-38-41-28-18-37-27(11-25(24)28)22-8-20(13-34-4-2)14-35-15-22/h5,7-11,14-18,33-34,38,41H,3-4,6,12-13H2,1-2H3,(H,39,40). The zero-order chi connectivity index (χ0) is 28.2. The zero-order valence-corrected chi connectivity index (χ0v) is 23.1. The van der Waals surface area contributed by atoms with Crippen LogP contribution in [0.3, 0.4) is 0 Å². The van der Waals surface area contributed by atoms with Crippen LogP contribution < -0.4 is 21.5 Å². The average molecular weight is 550 g/mol. The molecule has 6 rings (SSSR count). The molecule has 0 atom stereocenters. The van der Waals surface area contributed by atoms with Crippen LogP contribution in [0.4, 0.5) is 10.1 Å². The molecule has 208 valence electrons. The van der Waals surface area contributed by atoms with Crippen LogP contribution in [0.15, 0.2) is 67.4 Å². The summed E-state index contributed by atoms with van der Waals surface area (Å²) >= 11 is 0. The molecule has 0 unspecified atom stereocenters. The van der Waals surface area contributed by atoms with Gasteiger partial charge in [0.05, 0.1) is 34.8 Å². The summed E-state index contributed by atoms with van der Waals surface area (Å²) in [6.07, 6.45) is 11.1. The monoisotopic (exact) mass is 549 g/mol. The van der Waals surface area contributed by atoms with E-state index in [2.05, 4.69) is 61.6 Å². The minimum absolute atomic E-state index is 0.287. The Labute approximate surface area is 237 Å². The van der Waals surface area contributed by atoms with Crippen LogP contribution in [0.1, 0.15) is 36.4 Å². The number of nitrogens with one attached hydrogen (secondary N) is 5. The van der Waals surface area contributed by atoms with Crippen LogP contribution in [-0.4, -0.2) is 44.6 Å². The minimum atomic E-state index is -0.287. The summed E-state index contributed by atoms with van der Waals surface area (Å²) in [4.78, 5) is 22.1. The molecule has 0 saturated carbocycles. The van der Waals surface area contributed by atoms with Crippen LogP contribution in [-0.2, 0) is 13.1 Å². The third kappa shape index (κ3) is 5.71. The van der Waals surface area contributed by atoms with E-state index >= 15 is 0 Å². The highest BCUT2D eigenvalue weighted by atomic mass is 19.1. The van der Waals surface area contributed by atoms with Crippen molar-refractivity contribution < 1.29 is 4.39 Å². The zero-order valence-electron chi connectivity index (χ0n) is 23.1. The van der Waals surface area contributed by atoms with Crippen LogP contribution in [0, 0.1) is 5.82 Å². The van der Waals surface area contributed by atoms with Crippen molar-refractivity contribution in [1.29, 1.82) is 0 Å². The molecule has 0 spiro atoms. The third-order valence-corrected chi connectivity index (χ3v) is 6.99. The first-order chi connectivity index (χ1) is 20.1. The summed E-state index contributed by atoms with van der Waals surface area (Å²) in [5.74, 6) is 0.409. The quantitative estimate of drug-likeness (QED) is 0.178. The van der Waals surface area contributed by atoms with Gasteiger partial charge in [0.25, 0.3) is 0 Å². The van der Waals surface area contributed by atoms with Gasteiger partial charge >= 0.3 is 0 Å². The Hall–Kier alpha value is -4.51. The summed E-state index contributed by atoms with van der Waals surface area (Å²) in [7, 11) is 0. The molecule has 9 nitrogen and oxygen atoms in total. The van der Waals surface area contributed by atoms with Crippen molar-refractivity contribution in [1.82, 2.24) is 41.0 Å². The molecule has 0 amide bonds. The highest BCUT2D eigenvalue weighted by Gasteiger charge is 2.20. The molecular formula is C31H32FN9. The summed E-state index contributed by atoms with van der Waals surface area (Å²) in [5.41, 5.74) is 15.9. The number of anilines is 1. The number of H-pyrrole nitrogens is 1. The van der Waals surface area contributed by atoms with E-state index in [-0.39, 0.29) is 5.82 Å². The summed E-state index contributed by atoms with van der Waals surface area (Å²) in [5, 5.41) is 6.61. The summed E-state index contributed by atoms with van der Waals surface area (Å²) < 4.78 is 14.6. The van der Waals surface area contributed by atoms with Crippen LogP contribution >= 0.6 is 0 Å². The second-order valence-corrected chi connectivity index (χ2v) is 9.90. The van der Waals surface area contributed by atoms with E-state index in [1.807, 2.05) is 31.6 Å². The lowest BCUT2D eigenvalue weighted by Crippen LogP contribution is -2.20. The van der Waals surface area contributed by atoms with Crippen LogP contribution in [0.25, 0.3) is 39.0 Å². The van der Waals surface area contributed by atoms with E-state index < -0.39 is 0 Å². The Bertz CT molecular complexity index is 1730. The molecule has 0 bridgehead atoms. The molecule has 4 aromatic heterocycles. The number of hydrogen-bond donors (Lipinski definition) is 5. The van der Waals surface area contributed by atoms with Gasteiger partial charge in [-0.2, -0.15) is 0 Å². The number of fused-ring (bicyclic) bond motifs is 2. The number of pyridine rings is 3. The maximum atomic E-state index is 14.6. The number of hydrazine groups is 1. The van der Waals surface area contributed by atoms with Crippen molar-refractivity contribution in [2.24, 2.45) is 0 Å². The maximum absolute atomic E-state index is 14.6. The molecule has 0 fully saturated rings. The molecule has 5 heterocycles. The van der Waals surface area contributed by atoms with Crippen molar-refractivity contribution in [2.75, 3.05) is 25.1 Å². The molecule has 10 heteroatoms. The molecule has 5 N–H and O–H groups in total. The molecule has 1 aromatic carbocycles. The predicted octanol–water partition coefficient (Wildman–Crippen LogP) is 4.80. The Morgan fingerprint density at radius 2 is 1.63 bits per heavy atom. The fraction of sp³-hybridized carbons (Fsp3) is 0.226. The molecular weight excluding hydrogens is 517 g/mol. The number of aromatic nitrogens is 5. The van der Waals surface area contributed by atoms with Gasteiger partial charge < -0.3 is 21.0 Å². The van der Waals surface area contributed by atoms with Gasteiger partial charge in [-0.3, -0.25) is 15.0 Å². The van der Waals surface area contributed by atoms with Gasteiger partial charge in [0.15, 0.2) is 0 Å². The Morgan fingerprint density at radius 1 is 0.829 bits per heavy atom. The second-order valence-electron chi connectivity index (χ2n) is 9.90. The number of benzene rings is 1. The van der Waals surface area contributed by atoms with Crippen molar-refractivity contribution in [3.63, 3.8) is 0 Å². The summed E-state index contributed by atoms with van der Waals surface area (Å²) in [6, 6.07) is 9.24. The van der Waals surface area contributed by atoms with Gasteiger partial charge in [-0.25, -0.2) is 14.8 Å². The van der Waals surface area contributed by atoms with E-state index in [1.54, 1.807) is 18.5 Å². The SMILES string of the molecule is CCNCc1cncc(-c2cc3c(cn2)NNCC=C3c2nc3c(-c4cc(F)cc(CNCC)c4)cncc3[nH]2)c1. The molecule has 5 aromatic rings. The predicted molar refractivity (Wildman–Crippen MR) is 160 cm³/mol. The Kier molecular flexibility index (Phi) is 7.77. The van der Waals surface area contributed by atoms with Gasteiger partial charge in [-0.05, 0) is 60.1 Å². The van der Waals surface area contributed by atoms with Gasteiger partial charge in [0.1, 0.15) is 11.6 Å². The highest BCUT2D eigenvalue weighted by molar-refractivity contribution is 5.95. The number of rotatable bonds is 9. The van der Waals surface area contributed by atoms with Gasteiger partial charge in [-0.15, -0.1) is 0 Å². The molecule has 1 aliphatic heterocycles. The number of nitrogens with zero attached hydrogens (tertiary/aromatic N) is 4. The number of hydrogen-bond acceptors (Lipinski definition) is 8. The van der Waals surface area contributed by atoms with Crippen molar-refractivity contribution in [3.05, 3.63) is 95.7 Å². The molecule has 0 radical (unpaired) electrons. The van der Waals surface area contributed by atoms with Crippen LogP contribution in [0.5, 0.6) is 0 Å². The average Bonchev–Trinajstić information content (AvgIpc) is 3.32. The summed E-state index contributed by atoms with van der Waals surface area (Å²) in [6.45, 7) is 7.72. The lowest BCUT2D eigenvalue weighted by Gasteiger charge is -2.12. The molecule has 1 aliphatic rings. The molecule has 0 saturated heterocycles. The molecule has 41 heavy (non-hydrogen) atoms. The first-order valence-electron chi connectivity index (χ1n) is 13.8. The minimum Gasteiger partial charge on any atom is -0.337 e. The first-order valence-corrected chi connectivity index (χ1v) is 13.8. The second kappa shape index (κ2) is 11.9. The largest absolute Gasteiger partial charge is 0.337 e. The van der Waals surface area contributed by atoms with Crippen molar-refractivity contribution >= 4 is 22.3 Å². The van der Waals surface area contributed by atoms with Gasteiger partial charge in [0.2, 0.25) is 0 Å². The fourth-order valence-corrected chi connectivity index (χ4v) is 5.01. The van der Waals surface area contributed by atoms with Crippen LogP contribution in [0.2, 0.25) is 0 Å². The fourth-order valence-electron chi connectivity index (χ4n) is 5.01. The van der Waals surface area contributed by atoms with E-state index in [0.29, 0.717) is 18.9 Å². The van der Waals surface area contributed by atoms with Gasteiger partial charge in [0, 0.05) is 60.5 Å². The van der Waals surface area contributed by atoms with Gasteiger partial charge in [-0.1, -0.05) is 19.9 Å². The Morgan fingerprint density at radius 3 is 2.49 bits per heavy atom. The number of aromatic amines is 1. The van der Waals surface area contributed by atoms with E-state index in [1.165, 1.54) is 6.07 Å². The lowest BCUT2D eigenvalue weighted by molar-refractivity contribution is 0.622. The molecule has 0 aliphatic carbocycles. The third-order valence-electron chi connectivity index (χ3n) is 6.99. The number of imidazole rings is 1. The Balaban J connectivity index is 1.41. The smallest absolute Gasteiger partial charge is 0.138 e. The highest BCUT2D eigenvalue weighted by Crippen LogP contribution is 2.35. The van der Waals surface area contributed by atoms with Crippen molar-refractivity contribution in [3.8, 4) is 22.4 Å². The lowest BCUT2D eigenvalue weighted by atomic mass is 10.0. The number of halogens is 1. The normalized spacial score (nSPS) is 13.0. The van der Waals surface area contributed by atoms with E-state index in [4.69, 9.17) is 9.97 Å². The van der Waals surface area contributed by atoms with E-state index in [0.717, 1.165) is 81.0 Å². The first kappa shape index (κ1) is 26.7.